The number of Topliss-reactive ketones (excluding diaryl/α,β-unsaturated/α-hetero) is 1. The van der Waals surface area contributed by atoms with Gasteiger partial charge in [-0.2, -0.15) is 0 Å². The summed E-state index contributed by atoms with van der Waals surface area (Å²) in [6.45, 7) is 1.91. The molecule has 0 aromatic heterocycles. The highest BCUT2D eigenvalue weighted by molar-refractivity contribution is 7.84. The zero-order valence-electron chi connectivity index (χ0n) is 23.8. The molecule has 9 nitrogen and oxygen atoms in total. The second-order valence-corrected chi connectivity index (χ2v) is 12.2. The molecular weight excluding hydrogens is 571 g/mol. The highest BCUT2D eigenvalue weighted by atomic mass is 32.2. The molecule has 0 aliphatic carbocycles. The number of piperazine rings is 1. The minimum Gasteiger partial charge on any atom is -0.337 e. The summed E-state index contributed by atoms with van der Waals surface area (Å²) in [5, 5.41) is 2.84. The summed E-state index contributed by atoms with van der Waals surface area (Å²) < 4.78 is 27.1. The summed E-state index contributed by atoms with van der Waals surface area (Å²) in [5.74, 6) is -0.941. The first-order chi connectivity index (χ1) is 20.7. The summed E-state index contributed by atoms with van der Waals surface area (Å²) in [7, 11) is -1.47. The highest BCUT2D eigenvalue weighted by Gasteiger charge is 2.49. The Morgan fingerprint density at radius 1 is 0.977 bits per heavy atom. The van der Waals surface area contributed by atoms with Crippen LogP contribution in [0.15, 0.2) is 78.9 Å². The Morgan fingerprint density at radius 3 is 2.40 bits per heavy atom. The fourth-order valence-corrected chi connectivity index (χ4v) is 6.86. The van der Waals surface area contributed by atoms with Gasteiger partial charge in [0.1, 0.15) is 18.0 Å². The first-order valence-electron chi connectivity index (χ1n) is 14.1. The van der Waals surface area contributed by atoms with Gasteiger partial charge >= 0.3 is 6.03 Å². The standard InChI is InChI=1S/C32H33FN4O5S/c1-22(38)25-10-12-27(13-11-25)34-32(41)36-17-15-30(39)37-28(21-43(42)20-24-6-3-2-4-7-24)31(40)35(19-29(36)37)16-14-23-8-5-9-26(33)18-23/h2-13,18,28-29H,14-17,19-21H2,1H3,(H,34,41)/t28-,29-,43?/m1/s1. The Kier molecular flexibility index (Phi) is 9.30. The van der Waals surface area contributed by atoms with Gasteiger partial charge in [0, 0.05) is 47.3 Å². The molecule has 11 heteroatoms. The highest BCUT2D eigenvalue weighted by Crippen LogP contribution is 2.28. The smallest absolute Gasteiger partial charge is 0.323 e. The van der Waals surface area contributed by atoms with Gasteiger partial charge in [0.25, 0.3) is 0 Å². The molecule has 2 aliphatic rings. The Morgan fingerprint density at radius 2 is 1.70 bits per heavy atom. The molecular formula is C32H33FN4O5S. The third kappa shape index (κ3) is 7.16. The number of carbonyl (C=O) groups is 4. The predicted molar refractivity (Wildman–Crippen MR) is 161 cm³/mol. The number of hydrogen-bond acceptors (Lipinski definition) is 5. The summed E-state index contributed by atoms with van der Waals surface area (Å²) in [5.41, 5.74) is 2.56. The van der Waals surface area contributed by atoms with E-state index in [0.717, 1.165) is 5.56 Å². The van der Waals surface area contributed by atoms with Crippen molar-refractivity contribution in [3.63, 3.8) is 0 Å². The number of fused-ring (bicyclic) bond motifs is 1. The van der Waals surface area contributed by atoms with Crippen molar-refractivity contribution < 1.29 is 27.8 Å². The van der Waals surface area contributed by atoms with E-state index in [1.165, 1.54) is 28.9 Å². The molecule has 0 spiro atoms. The summed E-state index contributed by atoms with van der Waals surface area (Å²) in [6.07, 6.45) is -0.383. The van der Waals surface area contributed by atoms with E-state index in [1.54, 1.807) is 41.3 Å². The lowest BCUT2D eigenvalue weighted by atomic mass is 10.0. The lowest BCUT2D eigenvalue weighted by Gasteiger charge is -2.52. The maximum Gasteiger partial charge on any atom is 0.323 e. The maximum absolute atomic E-state index is 13.8. The molecule has 0 bridgehead atoms. The third-order valence-electron chi connectivity index (χ3n) is 7.73. The Hall–Kier alpha value is -4.38. The van der Waals surface area contributed by atoms with E-state index < -0.39 is 29.0 Å². The average Bonchev–Trinajstić information content (AvgIpc) is 2.98. The van der Waals surface area contributed by atoms with Crippen molar-refractivity contribution >= 4 is 40.1 Å². The van der Waals surface area contributed by atoms with Gasteiger partial charge in [0.15, 0.2) is 5.78 Å². The Labute approximate surface area is 252 Å². The van der Waals surface area contributed by atoms with Crippen LogP contribution < -0.4 is 5.32 Å². The first-order valence-corrected chi connectivity index (χ1v) is 15.6. The van der Waals surface area contributed by atoms with Crippen LogP contribution in [-0.2, 0) is 32.6 Å². The predicted octanol–water partition coefficient (Wildman–Crippen LogP) is 3.82. The van der Waals surface area contributed by atoms with Crippen LogP contribution in [0.5, 0.6) is 0 Å². The van der Waals surface area contributed by atoms with E-state index in [0.29, 0.717) is 23.2 Å². The Balaban J connectivity index is 1.39. The molecule has 0 saturated carbocycles. The first kappa shape index (κ1) is 30.1. The monoisotopic (exact) mass is 604 g/mol. The van der Waals surface area contributed by atoms with Crippen molar-refractivity contribution in [2.24, 2.45) is 0 Å². The van der Waals surface area contributed by atoms with E-state index in [4.69, 9.17) is 0 Å². The van der Waals surface area contributed by atoms with Crippen LogP contribution in [0, 0.1) is 5.82 Å². The molecule has 3 atom stereocenters. The summed E-state index contributed by atoms with van der Waals surface area (Å²) in [4.78, 5) is 56.8. The van der Waals surface area contributed by atoms with Crippen molar-refractivity contribution in [1.82, 2.24) is 14.7 Å². The van der Waals surface area contributed by atoms with Gasteiger partial charge in [-0.25, -0.2) is 9.18 Å². The summed E-state index contributed by atoms with van der Waals surface area (Å²) >= 11 is 0. The van der Waals surface area contributed by atoms with E-state index in [2.05, 4.69) is 5.32 Å². The van der Waals surface area contributed by atoms with E-state index >= 15 is 0 Å². The molecule has 224 valence electrons. The lowest BCUT2D eigenvalue weighted by molar-refractivity contribution is -0.165. The Bertz CT molecular complexity index is 1530. The topological polar surface area (TPSA) is 107 Å². The average molecular weight is 605 g/mol. The van der Waals surface area contributed by atoms with Gasteiger partial charge in [-0.15, -0.1) is 0 Å². The van der Waals surface area contributed by atoms with E-state index in [-0.39, 0.29) is 61.0 Å². The molecule has 2 aliphatic heterocycles. The number of halogens is 1. The van der Waals surface area contributed by atoms with Crippen LogP contribution in [0.4, 0.5) is 14.9 Å². The minimum absolute atomic E-state index is 0.0194. The van der Waals surface area contributed by atoms with Crippen LogP contribution in [0.25, 0.3) is 0 Å². The molecule has 3 aromatic rings. The molecule has 2 heterocycles. The molecule has 2 fully saturated rings. The van der Waals surface area contributed by atoms with Crippen LogP contribution >= 0.6 is 0 Å². The summed E-state index contributed by atoms with van der Waals surface area (Å²) in [6, 6.07) is 20.4. The molecule has 5 rings (SSSR count). The van der Waals surface area contributed by atoms with Gasteiger partial charge in [-0.3, -0.25) is 18.6 Å². The fourth-order valence-electron chi connectivity index (χ4n) is 5.52. The van der Waals surface area contributed by atoms with Crippen LogP contribution in [0.1, 0.15) is 34.8 Å². The number of nitrogens with zero attached hydrogens (tertiary/aromatic N) is 3. The van der Waals surface area contributed by atoms with Crippen molar-refractivity contribution in [3.05, 3.63) is 101 Å². The van der Waals surface area contributed by atoms with Gasteiger partial charge < -0.3 is 20.0 Å². The lowest BCUT2D eigenvalue weighted by Crippen LogP contribution is -2.72. The number of amides is 4. The second kappa shape index (κ2) is 13.3. The molecule has 1 unspecified atom stereocenters. The molecule has 3 aromatic carbocycles. The van der Waals surface area contributed by atoms with Crippen molar-refractivity contribution in [1.29, 1.82) is 0 Å². The van der Waals surface area contributed by atoms with Gasteiger partial charge in [0.2, 0.25) is 11.8 Å². The number of hydrogen-bond donors (Lipinski definition) is 1. The number of urea groups is 1. The SMILES string of the molecule is CC(=O)c1ccc(NC(=O)N2CCC(=O)N3[C@H](CS(=O)Cc4ccccc4)C(=O)N(CCc4cccc(F)c4)C[C@H]23)cc1. The van der Waals surface area contributed by atoms with Crippen molar-refractivity contribution in [2.75, 3.05) is 30.7 Å². The molecule has 2 saturated heterocycles. The fraction of sp³-hybridized carbons (Fsp3) is 0.312. The zero-order valence-corrected chi connectivity index (χ0v) is 24.6. The van der Waals surface area contributed by atoms with E-state index in [9.17, 15) is 27.8 Å². The van der Waals surface area contributed by atoms with Gasteiger partial charge in [-0.05, 0) is 60.9 Å². The van der Waals surface area contributed by atoms with Crippen molar-refractivity contribution in [2.45, 2.75) is 37.7 Å². The maximum atomic E-state index is 13.8. The van der Waals surface area contributed by atoms with Crippen LogP contribution in [0.3, 0.4) is 0 Å². The number of rotatable bonds is 9. The number of nitrogens with one attached hydrogen (secondary N) is 1. The van der Waals surface area contributed by atoms with Crippen molar-refractivity contribution in [3.8, 4) is 0 Å². The molecule has 4 amide bonds. The van der Waals surface area contributed by atoms with Crippen LogP contribution in [0.2, 0.25) is 0 Å². The molecule has 1 N–H and O–H groups in total. The largest absolute Gasteiger partial charge is 0.337 e. The third-order valence-corrected chi connectivity index (χ3v) is 9.07. The number of ketones is 1. The molecule has 43 heavy (non-hydrogen) atoms. The normalized spacial score (nSPS) is 19.2. The van der Waals surface area contributed by atoms with Crippen LogP contribution in [-0.4, -0.2) is 80.1 Å². The zero-order chi connectivity index (χ0) is 30.5. The number of carbonyl (C=O) groups excluding carboxylic acids is 4. The number of benzene rings is 3. The number of anilines is 1. The van der Waals surface area contributed by atoms with E-state index in [1.807, 2.05) is 30.3 Å². The van der Waals surface area contributed by atoms with Gasteiger partial charge in [0.05, 0.1) is 12.3 Å². The second-order valence-electron chi connectivity index (χ2n) is 10.7. The van der Waals surface area contributed by atoms with Gasteiger partial charge in [-0.1, -0.05) is 42.5 Å². The quantitative estimate of drug-likeness (QED) is 0.374. The minimum atomic E-state index is -1.47. The molecule has 0 radical (unpaired) electrons.